The van der Waals surface area contributed by atoms with E-state index >= 15 is 4.39 Å². The SMILES string of the molecule is CC(C)(C)[Si](C)(C)OCC(O[Si](C)(C)C(C)(C)C)c1cc(F)c(CNC2CC(Oc3ccc(F)c(C(F)(F)F)c3)C2)c2ccncc12. The van der Waals surface area contributed by atoms with Crippen LogP contribution in [0.3, 0.4) is 0 Å². The van der Waals surface area contributed by atoms with Crippen molar-refractivity contribution in [1.29, 1.82) is 0 Å². The fourth-order valence-electron chi connectivity index (χ4n) is 5.05. The van der Waals surface area contributed by atoms with Crippen molar-refractivity contribution in [3.8, 4) is 5.75 Å². The standard InChI is InChI=1S/C35H49F5N2O3Si2/c1-33(2,3)46(7,8)43-21-32(45-47(9,10)34(4,5)6)26-18-31(37)28(25-13-14-41-19-27(25)26)20-42-22-15-24(16-22)44-23-11-12-30(36)29(17-23)35(38,39)40/h11-14,17-19,22,24,32,42H,15-16,20-21H2,1-10H3. The van der Waals surface area contributed by atoms with Gasteiger partial charge in [-0.15, -0.1) is 0 Å². The van der Waals surface area contributed by atoms with Crippen molar-refractivity contribution in [2.75, 3.05) is 6.61 Å². The van der Waals surface area contributed by atoms with Gasteiger partial charge in [0.1, 0.15) is 23.5 Å². The molecule has 5 nitrogen and oxygen atoms in total. The molecule has 1 atom stereocenters. The Morgan fingerprint density at radius 2 is 1.51 bits per heavy atom. The fourth-order valence-corrected chi connectivity index (χ4v) is 7.31. The molecule has 1 heterocycles. The lowest BCUT2D eigenvalue weighted by atomic mass is 9.88. The highest BCUT2D eigenvalue weighted by Gasteiger charge is 2.42. The van der Waals surface area contributed by atoms with Crippen molar-refractivity contribution in [2.45, 2.75) is 122 Å². The minimum Gasteiger partial charge on any atom is -0.490 e. The number of alkyl halides is 3. The number of fused-ring (bicyclic) bond motifs is 1. The fraction of sp³-hybridized carbons (Fsp3) is 0.571. The number of hydrogen-bond acceptors (Lipinski definition) is 5. The van der Waals surface area contributed by atoms with Gasteiger partial charge in [-0.3, -0.25) is 4.98 Å². The minimum absolute atomic E-state index is 0.00444. The first kappa shape index (κ1) is 37.4. The molecule has 2 aromatic carbocycles. The number of halogens is 5. The summed E-state index contributed by atoms with van der Waals surface area (Å²) in [5.74, 6) is -1.73. The van der Waals surface area contributed by atoms with Gasteiger partial charge in [-0.05, 0) is 90.4 Å². The summed E-state index contributed by atoms with van der Waals surface area (Å²) in [6.45, 7) is 22.4. The van der Waals surface area contributed by atoms with E-state index in [4.69, 9.17) is 13.6 Å². The molecule has 0 aliphatic heterocycles. The van der Waals surface area contributed by atoms with Crippen molar-refractivity contribution in [3.05, 3.63) is 71.1 Å². The number of pyridine rings is 1. The molecule has 0 bridgehead atoms. The first-order chi connectivity index (χ1) is 21.5. The zero-order valence-corrected chi connectivity index (χ0v) is 31.2. The first-order valence-electron chi connectivity index (χ1n) is 16.1. The van der Waals surface area contributed by atoms with Crippen molar-refractivity contribution in [2.24, 2.45) is 0 Å². The predicted octanol–water partition coefficient (Wildman–Crippen LogP) is 10.3. The molecule has 0 radical (unpaired) electrons. The summed E-state index contributed by atoms with van der Waals surface area (Å²) in [5.41, 5.74) is -0.138. The van der Waals surface area contributed by atoms with Gasteiger partial charge in [0, 0.05) is 35.9 Å². The summed E-state index contributed by atoms with van der Waals surface area (Å²) in [6, 6.07) is 6.00. The van der Waals surface area contributed by atoms with Crippen LogP contribution in [0.5, 0.6) is 5.75 Å². The van der Waals surface area contributed by atoms with E-state index in [1.807, 2.05) is 6.07 Å². The molecule has 1 aliphatic carbocycles. The van der Waals surface area contributed by atoms with Gasteiger partial charge in [0.05, 0.1) is 18.3 Å². The summed E-state index contributed by atoms with van der Waals surface area (Å²) < 4.78 is 88.3. The number of aromatic nitrogens is 1. The van der Waals surface area contributed by atoms with Crippen molar-refractivity contribution in [1.82, 2.24) is 10.3 Å². The van der Waals surface area contributed by atoms with Gasteiger partial charge >= 0.3 is 6.18 Å². The Bertz CT molecular complexity index is 1560. The van der Waals surface area contributed by atoms with Gasteiger partial charge in [0.2, 0.25) is 0 Å². The normalized spacial score (nSPS) is 18.7. The Hall–Kier alpha value is -2.39. The van der Waals surface area contributed by atoms with Crippen LogP contribution in [0.15, 0.2) is 42.7 Å². The summed E-state index contributed by atoms with van der Waals surface area (Å²) >= 11 is 0. The lowest BCUT2D eigenvalue weighted by Gasteiger charge is -2.42. The Morgan fingerprint density at radius 1 is 0.872 bits per heavy atom. The maximum atomic E-state index is 16.1. The second kappa shape index (κ2) is 13.5. The van der Waals surface area contributed by atoms with E-state index in [1.54, 1.807) is 18.5 Å². The van der Waals surface area contributed by atoms with E-state index in [-0.39, 0.29) is 40.3 Å². The molecule has 12 heteroatoms. The number of rotatable bonds is 11. The Labute approximate surface area is 277 Å². The molecule has 4 rings (SSSR count). The van der Waals surface area contributed by atoms with Gasteiger partial charge in [-0.25, -0.2) is 8.78 Å². The first-order valence-corrected chi connectivity index (χ1v) is 22.0. The molecule has 47 heavy (non-hydrogen) atoms. The number of nitrogens with one attached hydrogen (secondary N) is 1. The van der Waals surface area contributed by atoms with Gasteiger partial charge in [-0.1, -0.05) is 41.5 Å². The highest BCUT2D eigenvalue weighted by Crippen LogP contribution is 2.43. The van der Waals surface area contributed by atoms with Crippen molar-refractivity contribution >= 4 is 27.4 Å². The quantitative estimate of drug-likeness (QED) is 0.160. The zero-order valence-electron chi connectivity index (χ0n) is 29.2. The van der Waals surface area contributed by atoms with Gasteiger partial charge in [-0.2, -0.15) is 13.2 Å². The van der Waals surface area contributed by atoms with Crippen LogP contribution < -0.4 is 10.1 Å². The smallest absolute Gasteiger partial charge is 0.419 e. The van der Waals surface area contributed by atoms with Crippen LogP contribution in [0.1, 0.15) is 77.2 Å². The molecule has 1 aromatic heterocycles. The average molecular weight is 697 g/mol. The summed E-state index contributed by atoms with van der Waals surface area (Å²) in [7, 11) is -4.44. The molecule has 1 fully saturated rings. The predicted molar refractivity (Wildman–Crippen MR) is 182 cm³/mol. The van der Waals surface area contributed by atoms with Crippen LogP contribution >= 0.6 is 0 Å². The van der Waals surface area contributed by atoms with Crippen molar-refractivity contribution < 1.29 is 35.5 Å². The Balaban J connectivity index is 1.53. The second-order valence-corrected chi connectivity index (χ2v) is 25.3. The largest absolute Gasteiger partial charge is 0.490 e. The molecule has 1 saturated carbocycles. The third-order valence-corrected chi connectivity index (χ3v) is 19.2. The van der Waals surface area contributed by atoms with E-state index < -0.39 is 40.3 Å². The highest BCUT2D eigenvalue weighted by atomic mass is 28.4. The van der Waals surface area contributed by atoms with Crippen LogP contribution in [0.4, 0.5) is 22.0 Å². The van der Waals surface area contributed by atoms with E-state index in [9.17, 15) is 17.6 Å². The second-order valence-electron chi connectivity index (χ2n) is 15.7. The van der Waals surface area contributed by atoms with Crippen LogP contribution in [-0.2, 0) is 21.6 Å². The van der Waals surface area contributed by atoms with Crippen LogP contribution in [0, 0.1) is 11.6 Å². The molecule has 0 spiro atoms. The average Bonchev–Trinajstić information content (AvgIpc) is 2.91. The van der Waals surface area contributed by atoms with Crippen LogP contribution in [0.25, 0.3) is 10.8 Å². The molecule has 0 amide bonds. The van der Waals surface area contributed by atoms with Crippen molar-refractivity contribution in [3.63, 3.8) is 0 Å². The molecule has 1 N–H and O–H groups in total. The number of ether oxygens (including phenoxy) is 1. The molecule has 260 valence electrons. The molecule has 1 unspecified atom stereocenters. The highest BCUT2D eigenvalue weighted by molar-refractivity contribution is 6.74. The summed E-state index contributed by atoms with van der Waals surface area (Å²) in [5, 5.41) is 4.84. The molecule has 3 aromatic rings. The number of nitrogens with zero attached hydrogens (tertiary/aromatic N) is 1. The Kier molecular flexibility index (Phi) is 10.7. The molecular weight excluding hydrogens is 648 g/mol. The van der Waals surface area contributed by atoms with Gasteiger partial charge in [0.15, 0.2) is 16.6 Å². The van der Waals surface area contributed by atoms with Gasteiger partial charge < -0.3 is 18.9 Å². The molecule has 0 saturated heterocycles. The minimum atomic E-state index is -4.81. The number of hydrogen-bond donors (Lipinski definition) is 1. The number of benzene rings is 2. The monoisotopic (exact) mass is 696 g/mol. The van der Waals surface area contributed by atoms with E-state index in [0.29, 0.717) is 36.6 Å². The van der Waals surface area contributed by atoms with Crippen LogP contribution in [-0.4, -0.2) is 40.4 Å². The lowest BCUT2D eigenvalue weighted by molar-refractivity contribution is -0.140. The topological polar surface area (TPSA) is 52.6 Å². The van der Waals surface area contributed by atoms with E-state index in [2.05, 4.69) is 78.0 Å². The molecular formula is C35H49F5N2O3Si2. The van der Waals surface area contributed by atoms with Crippen LogP contribution in [0.2, 0.25) is 36.3 Å². The third-order valence-electron chi connectivity index (χ3n) is 10.2. The van der Waals surface area contributed by atoms with E-state index in [1.165, 1.54) is 6.07 Å². The third kappa shape index (κ3) is 8.62. The lowest BCUT2D eigenvalue weighted by Crippen LogP contribution is -2.46. The zero-order chi connectivity index (χ0) is 35.2. The van der Waals surface area contributed by atoms with Gasteiger partial charge in [0.25, 0.3) is 0 Å². The molecule has 1 aliphatic rings. The van der Waals surface area contributed by atoms with E-state index in [0.717, 1.165) is 16.8 Å². The maximum absolute atomic E-state index is 16.1. The Morgan fingerprint density at radius 3 is 2.11 bits per heavy atom. The summed E-state index contributed by atoms with van der Waals surface area (Å²) in [4.78, 5) is 4.39. The maximum Gasteiger partial charge on any atom is 0.419 e. The summed E-state index contributed by atoms with van der Waals surface area (Å²) in [6.07, 6.45) is -1.18.